The first kappa shape index (κ1) is 16.4. The number of fused-ring (bicyclic) bond motifs is 1. The van der Waals surface area contributed by atoms with E-state index >= 15 is 0 Å². The fourth-order valence-corrected chi connectivity index (χ4v) is 4.79. The Labute approximate surface area is 151 Å². The van der Waals surface area contributed by atoms with E-state index in [1.54, 1.807) is 34.6 Å². The highest BCUT2D eigenvalue weighted by Crippen LogP contribution is 2.29. The molecule has 6 heteroatoms. The third-order valence-electron chi connectivity index (χ3n) is 5.03. The average Bonchev–Trinajstić information content (AvgIpc) is 3.12. The number of ketones is 1. The van der Waals surface area contributed by atoms with Gasteiger partial charge in [0.1, 0.15) is 5.69 Å². The molecule has 0 saturated carbocycles. The second-order valence-corrected chi connectivity index (χ2v) is 7.85. The minimum absolute atomic E-state index is 0.0158. The van der Waals surface area contributed by atoms with Crippen LogP contribution in [0.3, 0.4) is 0 Å². The first-order valence-corrected chi connectivity index (χ1v) is 9.77. The third kappa shape index (κ3) is 3.35. The zero-order valence-electron chi connectivity index (χ0n) is 14.1. The summed E-state index contributed by atoms with van der Waals surface area (Å²) in [5.41, 5.74) is 1.60. The van der Waals surface area contributed by atoms with Gasteiger partial charge in [0, 0.05) is 30.1 Å². The van der Waals surface area contributed by atoms with Crippen LogP contribution in [-0.4, -0.2) is 39.6 Å². The first-order valence-electron chi connectivity index (χ1n) is 8.95. The van der Waals surface area contributed by atoms with Crippen LogP contribution < -0.4 is 0 Å². The second kappa shape index (κ2) is 7.04. The first-order chi connectivity index (χ1) is 12.2. The fraction of sp³-hybridized carbons (Fsp3) is 0.474. The molecule has 1 aliphatic heterocycles. The molecule has 2 aromatic rings. The van der Waals surface area contributed by atoms with E-state index in [4.69, 9.17) is 0 Å². The molecule has 3 heterocycles. The van der Waals surface area contributed by atoms with Crippen LogP contribution in [0.2, 0.25) is 0 Å². The summed E-state index contributed by atoms with van der Waals surface area (Å²) in [7, 11) is 0. The smallest absolute Gasteiger partial charge is 0.282 e. The summed E-state index contributed by atoms with van der Waals surface area (Å²) >= 11 is 1.54. The van der Waals surface area contributed by atoms with Crippen LogP contribution in [0.15, 0.2) is 24.4 Å². The van der Waals surface area contributed by atoms with Crippen molar-refractivity contribution >= 4 is 23.0 Å². The van der Waals surface area contributed by atoms with E-state index in [2.05, 4.69) is 9.97 Å². The van der Waals surface area contributed by atoms with Crippen LogP contribution in [-0.2, 0) is 12.8 Å². The molecular weight excluding hydrogens is 334 g/mol. The lowest BCUT2D eigenvalue weighted by atomic mass is 9.92. The summed E-state index contributed by atoms with van der Waals surface area (Å²) in [5.74, 6) is -0.142. The highest BCUT2D eigenvalue weighted by atomic mass is 32.1. The zero-order chi connectivity index (χ0) is 17.2. The maximum atomic E-state index is 12.9. The largest absolute Gasteiger partial charge is 0.336 e. The molecule has 1 aliphatic carbocycles. The average molecular weight is 355 g/mol. The number of hydrogen-bond donors (Lipinski definition) is 0. The number of carbonyl (C=O) groups excluding carboxylic acids is 2. The lowest BCUT2D eigenvalue weighted by Crippen LogP contribution is -2.42. The topological polar surface area (TPSA) is 63.2 Å². The van der Waals surface area contributed by atoms with Gasteiger partial charge in [-0.1, -0.05) is 6.07 Å². The van der Waals surface area contributed by atoms with Crippen LogP contribution in [0.5, 0.6) is 0 Å². The summed E-state index contributed by atoms with van der Waals surface area (Å²) < 4.78 is 0. The summed E-state index contributed by atoms with van der Waals surface area (Å²) in [6.07, 6.45) is 7.68. The number of amides is 1. The van der Waals surface area contributed by atoms with Crippen molar-refractivity contribution in [2.45, 2.75) is 38.5 Å². The van der Waals surface area contributed by atoms with Gasteiger partial charge in [0.25, 0.3) is 5.91 Å². The van der Waals surface area contributed by atoms with E-state index in [1.165, 1.54) is 11.3 Å². The SMILES string of the molecule is O=C(c1ccccn1)C1CCCN(C(=O)c2nc3c(s2)CCCC3)C1. The molecule has 4 rings (SSSR count). The van der Waals surface area contributed by atoms with Gasteiger partial charge in [0.05, 0.1) is 5.69 Å². The molecule has 1 fully saturated rings. The van der Waals surface area contributed by atoms with Crippen molar-refractivity contribution in [3.05, 3.63) is 45.7 Å². The number of Topliss-reactive ketones (excluding diaryl/α,β-unsaturated/α-hetero) is 1. The molecule has 130 valence electrons. The molecule has 1 unspecified atom stereocenters. The van der Waals surface area contributed by atoms with Crippen molar-refractivity contribution in [1.82, 2.24) is 14.9 Å². The van der Waals surface area contributed by atoms with E-state index < -0.39 is 0 Å². The summed E-state index contributed by atoms with van der Waals surface area (Å²) in [6.45, 7) is 1.17. The fourth-order valence-electron chi connectivity index (χ4n) is 3.67. The van der Waals surface area contributed by atoms with Gasteiger partial charge in [-0.25, -0.2) is 4.98 Å². The molecular formula is C19H21N3O2S. The van der Waals surface area contributed by atoms with Gasteiger partial charge in [-0.2, -0.15) is 0 Å². The highest BCUT2D eigenvalue weighted by Gasteiger charge is 2.31. The molecule has 5 nitrogen and oxygen atoms in total. The van der Waals surface area contributed by atoms with Crippen molar-refractivity contribution in [2.24, 2.45) is 5.92 Å². The van der Waals surface area contributed by atoms with Gasteiger partial charge < -0.3 is 4.90 Å². The van der Waals surface area contributed by atoms with Crippen LogP contribution in [0, 0.1) is 5.92 Å². The minimum atomic E-state index is -0.165. The lowest BCUT2D eigenvalue weighted by molar-refractivity contribution is 0.0635. The number of pyridine rings is 1. The van der Waals surface area contributed by atoms with Crippen molar-refractivity contribution in [1.29, 1.82) is 0 Å². The molecule has 1 atom stereocenters. The zero-order valence-corrected chi connectivity index (χ0v) is 14.9. The van der Waals surface area contributed by atoms with E-state index in [9.17, 15) is 9.59 Å². The standard InChI is InChI=1S/C19H21N3O2S/c23-17(15-8-3-4-10-20-15)13-6-5-11-22(12-13)19(24)18-21-14-7-1-2-9-16(14)25-18/h3-4,8,10,13H,1-2,5-7,9,11-12H2. The predicted molar refractivity (Wildman–Crippen MR) is 96.0 cm³/mol. The lowest BCUT2D eigenvalue weighted by Gasteiger charge is -2.31. The molecule has 0 spiro atoms. The Morgan fingerprint density at radius 1 is 1.16 bits per heavy atom. The maximum Gasteiger partial charge on any atom is 0.282 e. The Kier molecular flexibility index (Phi) is 4.61. The quantitative estimate of drug-likeness (QED) is 0.794. The minimum Gasteiger partial charge on any atom is -0.336 e. The summed E-state index contributed by atoms with van der Waals surface area (Å²) in [4.78, 5) is 37.3. The number of rotatable bonds is 3. The number of likely N-dealkylation sites (tertiary alicyclic amines) is 1. The molecule has 0 aromatic carbocycles. The van der Waals surface area contributed by atoms with Crippen LogP contribution in [0.4, 0.5) is 0 Å². The van der Waals surface area contributed by atoms with Crippen LogP contribution in [0.1, 0.15) is 56.5 Å². The number of thiazole rings is 1. The van der Waals surface area contributed by atoms with Gasteiger partial charge in [-0.15, -0.1) is 11.3 Å². The van der Waals surface area contributed by atoms with Crippen molar-refractivity contribution in [2.75, 3.05) is 13.1 Å². The third-order valence-corrected chi connectivity index (χ3v) is 6.17. The monoisotopic (exact) mass is 355 g/mol. The Bertz CT molecular complexity index is 764. The summed E-state index contributed by atoms with van der Waals surface area (Å²) in [6, 6.07) is 5.38. The molecule has 1 saturated heterocycles. The van der Waals surface area contributed by atoms with E-state index in [0.717, 1.165) is 37.8 Å². The van der Waals surface area contributed by atoms with Gasteiger partial charge >= 0.3 is 0 Å². The number of aromatic nitrogens is 2. The molecule has 1 amide bonds. The van der Waals surface area contributed by atoms with Gasteiger partial charge in [0.15, 0.2) is 10.8 Å². The molecule has 0 N–H and O–H groups in total. The van der Waals surface area contributed by atoms with E-state index in [0.29, 0.717) is 23.8 Å². The molecule has 2 aliphatic rings. The molecule has 2 aromatic heterocycles. The number of piperidine rings is 1. The Morgan fingerprint density at radius 2 is 2.04 bits per heavy atom. The Balaban J connectivity index is 1.48. The van der Waals surface area contributed by atoms with Crippen molar-refractivity contribution < 1.29 is 9.59 Å². The second-order valence-electron chi connectivity index (χ2n) is 6.77. The molecule has 0 bridgehead atoms. The van der Waals surface area contributed by atoms with Gasteiger partial charge in [-0.3, -0.25) is 14.6 Å². The van der Waals surface area contributed by atoms with Crippen molar-refractivity contribution in [3.63, 3.8) is 0 Å². The van der Waals surface area contributed by atoms with Crippen molar-refractivity contribution in [3.8, 4) is 0 Å². The van der Waals surface area contributed by atoms with Gasteiger partial charge in [0.2, 0.25) is 0 Å². The van der Waals surface area contributed by atoms with Gasteiger partial charge in [-0.05, 0) is 50.7 Å². The summed E-state index contributed by atoms with van der Waals surface area (Å²) in [5, 5.41) is 0.595. The number of nitrogens with zero attached hydrogens (tertiary/aromatic N) is 3. The molecule has 0 radical (unpaired) electrons. The number of carbonyl (C=O) groups is 2. The predicted octanol–water partition coefficient (Wildman–Crippen LogP) is 3.15. The van der Waals surface area contributed by atoms with Crippen LogP contribution >= 0.6 is 11.3 Å². The van der Waals surface area contributed by atoms with E-state index in [1.807, 2.05) is 6.07 Å². The van der Waals surface area contributed by atoms with E-state index in [-0.39, 0.29) is 17.6 Å². The molecule has 25 heavy (non-hydrogen) atoms. The Hall–Kier alpha value is -2.08. The maximum absolute atomic E-state index is 12.9. The van der Waals surface area contributed by atoms with Crippen LogP contribution in [0.25, 0.3) is 0 Å². The number of aryl methyl sites for hydroxylation is 2. The highest BCUT2D eigenvalue weighted by molar-refractivity contribution is 7.13. The Morgan fingerprint density at radius 3 is 2.84 bits per heavy atom. The number of hydrogen-bond acceptors (Lipinski definition) is 5. The normalized spacial score (nSPS) is 20.2.